The molecule has 2 aromatic rings. The Labute approximate surface area is 205 Å². The molecule has 0 aromatic heterocycles. The predicted octanol–water partition coefficient (Wildman–Crippen LogP) is 4.34. The second-order valence-electron chi connectivity index (χ2n) is 8.03. The van der Waals surface area contributed by atoms with Gasteiger partial charge in [-0.1, -0.05) is 24.9 Å². The number of hydrogen-bond donors (Lipinski definition) is 1. The molecule has 34 heavy (non-hydrogen) atoms. The van der Waals surface area contributed by atoms with Crippen LogP contribution in [0.2, 0.25) is 5.02 Å². The standard InChI is InChI=1S/C24H29ClN2O6S/c1-3-4-15-33-24(29)18-5-7-19(8-6-18)26-23(28)17-11-13-27(14-12-17)34(30,31)20-9-10-22(32-2)21(25)16-20/h5-10,16-17H,3-4,11-15H2,1-2H3,(H,26,28). The first kappa shape index (κ1) is 26.0. The Morgan fingerprint density at radius 1 is 1.12 bits per heavy atom. The molecular weight excluding hydrogens is 480 g/mol. The summed E-state index contributed by atoms with van der Waals surface area (Å²) in [6.45, 7) is 2.86. The first-order valence-corrected chi connectivity index (χ1v) is 13.0. The van der Waals surface area contributed by atoms with Crippen LogP contribution in [0.3, 0.4) is 0 Å². The van der Waals surface area contributed by atoms with Crippen molar-refractivity contribution < 1.29 is 27.5 Å². The van der Waals surface area contributed by atoms with Crippen LogP contribution < -0.4 is 10.1 Å². The first-order chi connectivity index (χ1) is 16.3. The quantitative estimate of drug-likeness (QED) is 0.399. The Morgan fingerprint density at radius 2 is 1.79 bits per heavy atom. The lowest BCUT2D eigenvalue weighted by molar-refractivity contribution is -0.120. The SMILES string of the molecule is CCCCOC(=O)c1ccc(NC(=O)C2CCN(S(=O)(=O)c3ccc(OC)c(Cl)c3)CC2)cc1. The molecule has 0 atom stereocenters. The molecule has 3 rings (SSSR count). The van der Waals surface area contributed by atoms with Gasteiger partial charge in [0, 0.05) is 24.7 Å². The smallest absolute Gasteiger partial charge is 0.338 e. The number of anilines is 1. The molecule has 2 aromatic carbocycles. The molecule has 1 amide bonds. The third-order valence-electron chi connectivity index (χ3n) is 5.70. The van der Waals surface area contributed by atoms with Crippen LogP contribution >= 0.6 is 11.6 Å². The van der Waals surface area contributed by atoms with E-state index in [2.05, 4.69) is 5.32 Å². The fourth-order valence-corrected chi connectivity index (χ4v) is 5.46. The highest BCUT2D eigenvalue weighted by Crippen LogP contribution is 2.30. The van der Waals surface area contributed by atoms with Crippen LogP contribution in [0.1, 0.15) is 43.0 Å². The van der Waals surface area contributed by atoms with Gasteiger partial charge in [0.15, 0.2) is 0 Å². The molecule has 184 valence electrons. The van der Waals surface area contributed by atoms with Gasteiger partial charge in [0.2, 0.25) is 15.9 Å². The van der Waals surface area contributed by atoms with Crippen molar-refractivity contribution in [3.63, 3.8) is 0 Å². The second kappa shape index (κ2) is 11.7. The van der Waals surface area contributed by atoms with Crippen molar-refractivity contribution in [3.8, 4) is 5.75 Å². The van der Waals surface area contributed by atoms with Gasteiger partial charge in [-0.05, 0) is 61.7 Å². The van der Waals surface area contributed by atoms with Crippen molar-refractivity contribution in [2.45, 2.75) is 37.5 Å². The number of nitrogens with zero attached hydrogens (tertiary/aromatic N) is 1. The zero-order valence-corrected chi connectivity index (χ0v) is 20.8. The average Bonchev–Trinajstić information content (AvgIpc) is 2.84. The summed E-state index contributed by atoms with van der Waals surface area (Å²) in [5.74, 6) is -0.483. The molecule has 1 N–H and O–H groups in total. The van der Waals surface area contributed by atoms with Crippen LogP contribution in [0.5, 0.6) is 5.75 Å². The maximum absolute atomic E-state index is 13.0. The molecule has 0 radical (unpaired) electrons. The number of esters is 1. The van der Waals surface area contributed by atoms with E-state index in [1.54, 1.807) is 24.3 Å². The van der Waals surface area contributed by atoms with Gasteiger partial charge in [-0.25, -0.2) is 13.2 Å². The van der Waals surface area contributed by atoms with Gasteiger partial charge < -0.3 is 14.8 Å². The molecule has 0 saturated carbocycles. The zero-order valence-electron chi connectivity index (χ0n) is 19.3. The number of methoxy groups -OCH3 is 1. The molecule has 10 heteroatoms. The maximum Gasteiger partial charge on any atom is 0.338 e. The number of unbranched alkanes of at least 4 members (excludes halogenated alkanes) is 1. The second-order valence-corrected chi connectivity index (χ2v) is 10.4. The number of sulfonamides is 1. The van der Waals surface area contributed by atoms with E-state index in [-0.39, 0.29) is 34.8 Å². The van der Waals surface area contributed by atoms with Gasteiger partial charge in [-0.2, -0.15) is 4.31 Å². The van der Waals surface area contributed by atoms with Crippen LogP contribution in [0.25, 0.3) is 0 Å². The highest BCUT2D eigenvalue weighted by molar-refractivity contribution is 7.89. The van der Waals surface area contributed by atoms with Crippen molar-refractivity contribution in [1.29, 1.82) is 0 Å². The lowest BCUT2D eigenvalue weighted by atomic mass is 9.97. The summed E-state index contributed by atoms with van der Waals surface area (Å²) in [6.07, 6.45) is 2.56. The highest BCUT2D eigenvalue weighted by atomic mass is 35.5. The Morgan fingerprint density at radius 3 is 2.38 bits per heavy atom. The van der Waals surface area contributed by atoms with E-state index in [4.69, 9.17) is 21.1 Å². The number of amides is 1. The van der Waals surface area contributed by atoms with Crippen LogP contribution in [0.15, 0.2) is 47.4 Å². The number of rotatable bonds is 9. The van der Waals surface area contributed by atoms with E-state index in [1.807, 2.05) is 6.92 Å². The molecule has 1 aliphatic heterocycles. The minimum absolute atomic E-state index is 0.0921. The summed E-state index contributed by atoms with van der Waals surface area (Å²) in [4.78, 5) is 24.8. The summed E-state index contributed by atoms with van der Waals surface area (Å²) in [6, 6.07) is 10.9. The summed E-state index contributed by atoms with van der Waals surface area (Å²) in [5.41, 5.74) is 0.990. The van der Waals surface area contributed by atoms with Gasteiger partial charge >= 0.3 is 5.97 Å². The minimum atomic E-state index is -3.72. The third-order valence-corrected chi connectivity index (χ3v) is 7.89. The van der Waals surface area contributed by atoms with Crippen molar-refractivity contribution >= 4 is 39.2 Å². The maximum atomic E-state index is 13.0. The Bertz CT molecular complexity index is 1110. The van der Waals surface area contributed by atoms with Gasteiger partial charge in [-0.15, -0.1) is 0 Å². The predicted molar refractivity (Wildman–Crippen MR) is 130 cm³/mol. The number of nitrogens with one attached hydrogen (secondary N) is 1. The van der Waals surface area contributed by atoms with Crippen molar-refractivity contribution in [2.75, 3.05) is 32.1 Å². The van der Waals surface area contributed by atoms with Crippen LogP contribution in [0.4, 0.5) is 5.69 Å². The number of benzene rings is 2. The van der Waals surface area contributed by atoms with E-state index < -0.39 is 16.0 Å². The normalized spacial score (nSPS) is 15.0. The molecule has 0 aliphatic carbocycles. The van der Waals surface area contributed by atoms with Gasteiger partial charge in [-0.3, -0.25) is 4.79 Å². The van der Waals surface area contributed by atoms with Gasteiger partial charge in [0.05, 0.1) is 29.2 Å². The van der Waals surface area contributed by atoms with Crippen LogP contribution in [-0.4, -0.2) is 51.4 Å². The van der Waals surface area contributed by atoms with E-state index in [0.29, 0.717) is 36.4 Å². The van der Waals surface area contributed by atoms with E-state index in [9.17, 15) is 18.0 Å². The minimum Gasteiger partial charge on any atom is -0.495 e. The lowest BCUT2D eigenvalue weighted by Crippen LogP contribution is -2.41. The van der Waals surface area contributed by atoms with Crippen molar-refractivity contribution in [3.05, 3.63) is 53.1 Å². The van der Waals surface area contributed by atoms with Gasteiger partial charge in [0.25, 0.3) is 0 Å². The molecule has 0 bridgehead atoms. The number of carbonyl (C=O) groups is 2. The zero-order chi connectivity index (χ0) is 24.7. The third kappa shape index (κ3) is 6.28. The number of ether oxygens (including phenoxy) is 2. The number of piperidine rings is 1. The van der Waals surface area contributed by atoms with E-state index in [0.717, 1.165) is 12.8 Å². The highest BCUT2D eigenvalue weighted by Gasteiger charge is 2.32. The lowest BCUT2D eigenvalue weighted by Gasteiger charge is -2.30. The number of halogens is 1. The summed E-state index contributed by atoms with van der Waals surface area (Å²) in [5, 5.41) is 3.07. The molecule has 1 saturated heterocycles. The molecule has 8 nitrogen and oxygen atoms in total. The first-order valence-electron chi connectivity index (χ1n) is 11.2. The Kier molecular flexibility index (Phi) is 8.93. The largest absolute Gasteiger partial charge is 0.495 e. The number of carbonyl (C=O) groups excluding carboxylic acids is 2. The Balaban J connectivity index is 1.54. The molecule has 0 unspecified atom stereocenters. The average molecular weight is 509 g/mol. The van der Waals surface area contributed by atoms with Gasteiger partial charge in [0.1, 0.15) is 5.75 Å². The van der Waals surface area contributed by atoms with Crippen molar-refractivity contribution in [2.24, 2.45) is 5.92 Å². The molecule has 1 fully saturated rings. The summed E-state index contributed by atoms with van der Waals surface area (Å²) in [7, 11) is -2.26. The summed E-state index contributed by atoms with van der Waals surface area (Å²) >= 11 is 6.09. The van der Waals surface area contributed by atoms with Crippen molar-refractivity contribution in [1.82, 2.24) is 4.31 Å². The number of hydrogen-bond acceptors (Lipinski definition) is 6. The monoisotopic (exact) mass is 508 g/mol. The van der Waals surface area contributed by atoms with Crippen LogP contribution in [-0.2, 0) is 19.6 Å². The van der Waals surface area contributed by atoms with E-state index in [1.165, 1.54) is 29.6 Å². The van der Waals surface area contributed by atoms with Crippen LogP contribution in [0, 0.1) is 5.92 Å². The molecule has 0 spiro atoms. The fraction of sp³-hybridized carbons (Fsp3) is 0.417. The molecule has 1 heterocycles. The molecular formula is C24H29ClN2O6S. The summed E-state index contributed by atoms with van der Waals surface area (Å²) < 4.78 is 37.6. The Hall–Kier alpha value is -2.62. The topological polar surface area (TPSA) is 102 Å². The molecule has 1 aliphatic rings. The van der Waals surface area contributed by atoms with E-state index >= 15 is 0 Å². The fourth-order valence-electron chi connectivity index (χ4n) is 3.64.